The van der Waals surface area contributed by atoms with E-state index in [2.05, 4.69) is 26.2 Å². The number of pyridine rings is 1. The topological polar surface area (TPSA) is 62.2 Å². The lowest BCUT2D eigenvalue weighted by molar-refractivity contribution is -0.145. The van der Waals surface area contributed by atoms with Gasteiger partial charge >= 0.3 is 5.97 Å². The molecule has 1 unspecified atom stereocenters. The molecule has 1 aromatic heterocycles. The van der Waals surface area contributed by atoms with Gasteiger partial charge < -0.3 is 10.4 Å². The van der Waals surface area contributed by atoms with Crippen molar-refractivity contribution in [2.45, 2.75) is 36.8 Å². The van der Waals surface area contributed by atoms with Gasteiger partial charge in [-0.05, 0) is 60.1 Å². The first-order valence-electron chi connectivity index (χ1n) is 6.20. The molecule has 0 saturated carbocycles. The second kappa shape index (κ2) is 7.87. The van der Waals surface area contributed by atoms with Gasteiger partial charge in [0.15, 0.2) is 0 Å². The Balaban J connectivity index is 2.41. The molecule has 0 aliphatic heterocycles. The number of aromatic nitrogens is 1. The van der Waals surface area contributed by atoms with Crippen molar-refractivity contribution in [1.29, 1.82) is 0 Å². The number of carboxylic acids is 1. The molecule has 0 saturated heterocycles. The van der Waals surface area contributed by atoms with Crippen LogP contribution in [0, 0.1) is 0 Å². The molecule has 1 aromatic rings. The van der Waals surface area contributed by atoms with E-state index in [0.29, 0.717) is 12.8 Å². The van der Waals surface area contributed by atoms with Crippen LogP contribution in [0.15, 0.2) is 27.8 Å². The zero-order chi connectivity index (χ0) is 14.3. The van der Waals surface area contributed by atoms with E-state index < -0.39 is 11.5 Å². The lowest BCUT2D eigenvalue weighted by Crippen LogP contribution is -2.49. The van der Waals surface area contributed by atoms with Crippen LogP contribution in [-0.4, -0.2) is 34.4 Å². The van der Waals surface area contributed by atoms with Gasteiger partial charge in [-0.3, -0.25) is 4.79 Å². The molecule has 6 heteroatoms. The molecule has 0 bridgehead atoms. The number of carbonyl (C=O) groups is 1. The minimum atomic E-state index is -0.798. The Hall–Kier alpha value is -0.590. The highest BCUT2D eigenvalue weighted by Gasteiger charge is 2.33. The number of hydrogen-bond donors (Lipinski definition) is 2. The predicted molar refractivity (Wildman–Crippen MR) is 81.6 cm³/mol. The predicted octanol–water partition coefficient (Wildman–Crippen LogP) is 3.17. The van der Waals surface area contributed by atoms with Gasteiger partial charge in [0, 0.05) is 10.7 Å². The van der Waals surface area contributed by atoms with Crippen LogP contribution in [0.25, 0.3) is 0 Å². The molecular formula is C13H19BrN2O2S. The number of likely N-dealkylation sites (N-methyl/N-ethyl adjacent to an activating group) is 1. The lowest BCUT2D eigenvalue weighted by atomic mass is 9.91. The van der Waals surface area contributed by atoms with Gasteiger partial charge in [0.1, 0.15) is 5.54 Å². The number of nitrogens with zero attached hydrogens (tertiary/aromatic N) is 1. The summed E-state index contributed by atoms with van der Waals surface area (Å²) >= 11 is 4.99. The van der Waals surface area contributed by atoms with Gasteiger partial charge in [-0.2, -0.15) is 0 Å². The van der Waals surface area contributed by atoms with E-state index in [-0.39, 0.29) is 0 Å². The van der Waals surface area contributed by atoms with Crippen molar-refractivity contribution in [2.24, 2.45) is 0 Å². The monoisotopic (exact) mass is 346 g/mol. The van der Waals surface area contributed by atoms with E-state index >= 15 is 0 Å². The molecule has 0 aliphatic carbocycles. The summed E-state index contributed by atoms with van der Waals surface area (Å²) in [5.41, 5.74) is -0.798. The average Bonchev–Trinajstić information content (AvgIpc) is 2.41. The summed E-state index contributed by atoms with van der Waals surface area (Å²) in [6, 6.07) is 3.91. The Morgan fingerprint density at radius 1 is 1.58 bits per heavy atom. The van der Waals surface area contributed by atoms with Crippen LogP contribution in [-0.2, 0) is 4.79 Å². The number of hydrogen-bond acceptors (Lipinski definition) is 4. The Morgan fingerprint density at radius 3 is 2.79 bits per heavy atom. The standard InChI is InChI=1S/C13H19BrN2O2S/c1-3-13(15-2,12(17)18)7-4-8-19-11-6-5-10(14)9-16-11/h5-6,9,15H,3-4,7-8H2,1-2H3,(H,17,18). The van der Waals surface area contributed by atoms with Crippen molar-refractivity contribution in [3.05, 3.63) is 22.8 Å². The summed E-state index contributed by atoms with van der Waals surface area (Å²) in [5.74, 6) is 0.0926. The van der Waals surface area contributed by atoms with Crippen LogP contribution in [0.5, 0.6) is 0 Å². The number of aliphatic carboxylic acids is 1. The number of rotatable bonds is 8. The van der Waals surface area contributed by atoms with Crippen molar-refractivity contribution in [2.75, 3.05) is 12.8 Å². The summed E-state index contributed by atoms with van der Waals surface area (Å²) in [4.78, 5) is 15.6. The molecule has 19 heavy (non-hydrogen) atoms. The molecule has 4 nitrogen and oxygen atoms in total. The zero-order valence-corrected chi connectivity index (χ0v) is 13.6. The fraction of sp³-hybridized carbons (Fsp3) is 0.538. The molecule has 1 heterocycles. The molecule has 0 aromatic carbocycles. The SMILES string of the molecule is CCC(CCCSc1ccc(Br)cn1)(NC)C(=O)O. The first-order valence-corrected chi connectivity index (χ1v) is 7.98. The molecule has 0 aliphatic rings. The first kappa shape index (κ1) is 16.5. The van der Waals surface area contributed by atoms with Crippen molar-refractivity contribution < 1.29 is 9.90 Å². The smallest absolute Gasteiger partial charge is 0.323 e. The summed E-state index contributed by atoms with van der Waals surface area (Å²) in [7, 11) is 1.71. The Kier molecular flexibility index (Phi) is 6.82. The molecule has 1 rings (SSSR count). The first-order chi connectivity index (χ1) is 9.04. The Labute approximate surface area is 126 Å². The number of halogens is 1. The zero-order valence-electron chi connectivity index (χ0n) is 11.1. The largest absolute Gasteiger partial charge is 0.480 e. The molecule has 2 N–H and O–H groups in total. The third kappa shape index (κ3) is 4.78. The van der Waals surface area contributed by atoms with Gasteiger partial charge in [-0.15, -0.1) is 11.8 Å². The second-order valence-electron chi connectivity index (χ2n) is 4.26. The van der Waals surface area contributed by atoms with Crippen LogP contribution < -0.4 is 5.32 Å². The maximum absolute atomic E-state index is 11.3. The lowest BCUT2D eigenvalue weighted by Gasteiger charge is -2.27. The average molecular weight is 347 g/mol. The van der Waals surface area contributed by atoms with Gasteiger partial charge in [0.2, 0.25) is 0 Å². The normalized spacial score (nSPS) is 14.1. The van der Waals surface area contributed by atoms with E-state index in [4.69, 9.17) is 0 Å². The van der Waals surface area contributed by atoms with E-state index in [1.807, 2.05) is 19.1 Å². The van der Waals surface area contributed by atoms with Crippen LogP contribution in [0.3, 0.4) is 0 Å². The third-order valence-electron chi connectivity index (χ3n) is 3.19. The highest BCUT2D eigenvalue weighted by atomic mass is 79.9. The Bertz CT molecular complexity index is 408. The van der Waals surface area contributed by atoms with E-state index in [1.165, 1.54) is 0 Å². The van der Waals surface area contributed by atoms with Gasteiger partial charge in [0.25, 0.3) is 0 Å². The molecule has 0 fully saturated rings. The third-order valence-corrected chi connectivity index (χ3v) is 4.69. The summed E-state index contributed by atoms with van der Waals surface area (Å²) in [6.45, 7) is 1.90. The summed E-state index contributed by atoms with van der Waals surface area (Å²) < 4.78 is 0.961. The summed E-state index contributed by atoms with van der Waals surface area (Å²) in [6.07, 6.45) is 3.81. The van der Waals surface area contributed by atoms with Crippen LogP contribution in [0.1, 0.15) is 26.2 Å². The van der Waals surface area contributed by atoms with Gasteiger partial charge in [-0.1, -0.05) is 6.92 Å². The highest BCUT2D eigenvalue weighted by Crippen LogP contribution is 2.22. The van der Waals surface area contributed by atoms with Crippen molar-refractivity contribution in [3.8, 4) is 0 Å². The molecule has 0 amide bonds. The molecule has 1 atom stereocenters. The minimum Gasteiger partial charge on any atom is -0.480 e. The van der Waals surface area contributed by atoms with Crippen LogP contribution in [0.4, 0.5) is 0 Å². The number of nitrogens with one attached hydrogen (secondary N) is 1. The van der Waals surface area contributed by atoms with Crippen LogP contribution in [0.2, 0.25) is 0 Å². The van der Waals surface area contributed by atoms with Crippen molar-refractivity contribution >= 4 is 33.7 Å². The van der Waals surface area contributed by atoms with Crippen LogP contribution >= 0.6 is 27.7 Å². The maximum atomic E-state index is 11.3. The van der Waals surface area contributed by atoms with Gasteiger partial charge in [0.05, 0.1) is 5.03 Å². The van der Waals surface area contributed by atoms with Crippen molar-refractivity contribution in [1.82, 2.24) is 10.3 Å². The van der Waals surface area contributed by atoms with E-state index in [1.54, 1.807) is 25.0 Å². The second-order valence-corrected chi connectivity index (χ2v) is 6.29. The summed E-state index contributed by atoms with van der Waals surface area (Å²) in [5, 5.41) is 13.2. The minimum absolute atomic E-state index is 0.583. The van der Waals surface area contributed by atoms with Gasteiger partial charge in [-0.25, -0.2) is 4.98 Å². The quantitative estimate of drug-likeness (QED) is 0.559. The Morgan fingerprint density at radius 2 is 2.32 bits per heavy atom. The fourth-order valence-electron chi connectivity index (χ4n) is 1.84. The molecule has 0 spiro atoms. The highest BCUT2D eigenvalue weighted by molar-refractivity contribution is 9.10. The number of thioether (sulfide) groups is 1. The molecular weight excluding hydrogens is 328 g/mol. The molecule has 106 valence electrons. The van der Waals surface area contributed by atoms with E-state index in [9.17, 15) is 9.90 Å². The van der Waals surface area contributed by atoms with E-state index in [0.717, 1.165) is 21.7 Å². The maximum Gasteiger partial charge on any atom is 0.323 e. The number of carboxylic acid groups (broad SMARTS) is 1. The fourth-order valence-corrected chi connectivity index (χ4v) is 2.87. The molecule has 0 radical (unpaired) electrons. The van der Waals surface area contributed by atoms with Crippen molar-refractivity contribution in [3.63, 3.8) is 0 Å².